The van der Waals surface area contributed by atoms with E-state index in [0.717, 1.165) is 39.4 Å². The molecule has 1 aliphatic heterocycles. The monoisotopic (exact) mass is 311 g/mol. The fourth-order valence-electron chi connectivity index (χ4n) is 1.88. The van der Waals surface area contributed by atoms with E-state index in [1.807, 2.05) is 0 Å². The van der Waals surface area contributed by atoms with Crippen molar-refractivity contribution in [3.63, 3.8) is 0 Å². The highest BCUT2D eigenvalue weighted by molar-refractivity contribution is 7.80. The van der Waals surface area contributed by atoms with Crippen molar-refractivity contribution in [2.75, 3.05) is 44.7 Å². The summed E-state index contributed by atoms with van der Waals surface area (Å²) < 4.78 is 5.28. The van der Waals surface area contributed by atoms with Gasteiger partial charge in [-0.2, -0.15) is 0 Å². The number of nitrogens with one attached hydrogen (secondary N) is 2. The van der Waals surface area contributed by atoms with Crippen LogP contribution in [0, 0.1) is 10.1 Å². The number of nitro groups is 1. The Kier molecular flexibility index (Phi) is 5.78. The second-order valence-corrected chi connectivity index (χ2v) is 4.90. The predicted octanol–water partition coefficient (Wildman–Crippen LogP) is 0.608. The molecule has 0 radical (unpaired) electrons. The van der Waals surface area contributed by atoms with E-state index in [4.69, 9.17) is 17.0 Å². The fourth-order valence-corrected chi connectivity index (χ4v) is 2.09. The first kappa shape index (κ1) is 15.5. The van der Waals surface area contributed by atoms with Gasteiger partial charge in [0.25, 0.3) is 5.69 Å². The predicted molar refractivity (Wildman–Crippen MR) is 82.4 cm³/mol. The molecule has 1 fully saturated rings. The van der Waals surface area contributed by atoms with Gasteiger partial charge in [0, 0.05) is 32.2 Å². The number of aromatic nitrogens is 1. The number of anilines is 1. The van der Waals surface area contributed by atoms with Crippen LogP contribution in [0.5, 0.6) is 0 Å². The molecule has 8 nitrogen and oxygen atoms in total. The maximum atomic E-state index is 10.5. The number of nitrogens with zero attached hydrogens (tertiary/aromatic N) is 3. The molecule has 0 amide bonds. The van der Waals surface area contributed by atoms with Gasteiger partial charge in [0.15, 0.2) is 5.11 Å². The minimum absolute atomic E-state index is 0.0493. The molecule has 0 aromatic carbocycles. The molecule has 1 aromatic heterocycles. The fraction of sp³-hybridized carbons (Fsp3) is 0.500. The summed E-state index contributed by atoms with van der Waals surface area (Å²) in [6, 6.07) is 2.90. The molecule has 21 heavy (non-hydrogen) atoms. The number of rotatable bonds is 5. The number of thiocarbonyl (C=S) groups is 1. The first-order chi connectivity index (χ1) is 10.1. The molecule has 2 heterocycles. The molecule has 114 valence electrons. The van der Waals surface area contributed by atoms with Crippen LogP contribution in [0.3, 0.4) is 0 Å². The lowest BCUT2D eigenvalue weighted by atomic mass is 10.4. The third kappa shape index (κ3) is 5.21. The van der Waals surface area contributed by atoms with Gasteiger partial charge in [0.2, 0.25) is 0 Å². The van der Waals surface area contributed by atoms with Crippen molar-refractivity contribution in [3.05, 3.63) is 28.4 Å². The zero-order chi connectivity index (χ0) is 15.1. The van der Waals surface area contributed by atoms with Crippen LogP contribution in [0.4, 0.5) is 11.5 Å². The Bertz CT molecular complexity index is 490. The molecular weight excluding hydrogens is 294 g/mol. The van der Waals surface area contributed by atoms with Gasteiger partial charge in [0.1, 0.15) is 12.0 Å². The molecule has 0 spiro atoms. The molecule has 0 bridgehead atoms. The topological polar surface area (TPSA) is 92.6 Å². The molecule has 0 aliphatic carbocycles. The highest BCUT2D eigenvalue weighted by Crippen LogP contribution is 2.11. The third-order valence-electron chi connectivity index (χ3n) is 3.02. The summed E-state index contributed by atoms with van der Waals surface area (Å²) in [5, 5.41) is 16.9. The summed E-state index contributed by atoms with van der Waals surface area (Å²) in [6.45, 7) is 5.03. The number of morpholine rings is 1. The normalized spacial score (nSPS) is 15.4. The smallest absolute Gasteiger partial charge is 0.287 e. The van der Waals surface area contributed by atoms with Crippen molar-refractivity contribution in [2.45, 2.75) is 0 Å². The van der Waals surface area contributed by atoms with Crippen LogP contribution in [0.25, 0.3) is 0 Å². The van der Waals surface area contributed by atoms with Crippen molar-refractivity contribution < 1.29 is 9.66 Å². The molecule has 0 unspecified atom stereocenters. The van der Waals surface area contributed by atoms with Crippen LogP contribution in [0.15, 0.2) is 18.3 Å². The van der Waals surface area contributed by atoms with Crippen molar-refractivity contribution in [2.24, 2.45) is 0 Å². The SMILES string of the molecule is O=[N+]([O-])c1ccc(NC(=S)NCCN2CCOCC2)nc1. The molecule has 0 saturated carbocycles. The molecule has 0 atom stereocenters. The van der Waals surface area contributed by atoms with E-state index in [0.29, 0.717) is 10.9 Å². The highest BCUT2D eigenvalue weighted by Gasteiger charge is 2.10. The summed E-state index contributed by atoms with van der Waals surface area (Å²) >= 11 is 5.15. The van der Waals surface area contributed by atoms with Gasteiger partial charge in [-0.25, -0.2) is 4.98 Å². The van der Waals surface area contributed by atoms with Gasteiger partial charge in [0.05, 0.1) is 18.1 Å². The maximum absolute atomic E-state index is 10.5. The average molecular weight is 311 g/mol. The lowest BCUT2D eigenvalue weighted by molar-refractivity contribution is -0.385. The lowest BCUT2D eigenvalue weighted by Crippen LogP contribution is -2.42. The maximum Gasteiger partial charge on any atom is 0.287 e. The Hall–Kier alpha value is -1.84. The first-order valence-electron chi connectivity index (χ1n) is 6.60. The number of pyridine rings is 1. The average Bonchev–Trinajstić information content (AvgIpc) is 2.49. The van der Waals surface area contributed by atoms with Crippen LogP contribution in [0.1, 0.15) is 0 Å². The Morgan fingerprint density at radius 3 is 2.86 bits per heavy atom. The van der Waals surface area contributed by atoms with E-state index < -0.39 is 4.92 Å². The van der Waals surface area contributed by atoms with Crippen molar-refractivity contribution >= 4 is 28.8 Å². The van der Waals surface area contributed by atoms with Gasteiger partial charge < -0.3 is 15.4 Å². The van der Waals surface area contributed by atoms with Gasteiger partial charge in [-0.1, -0.05) is 0 Å². The molecule has 2 rings (SSSR count). The second-order valence-electron chi connectivity index (χ2n) is 4.49. The Morgan fingerprint density at radius 1 is 1.48 bits per heavy atom. The van der Waals surface area contributed by atoms with E-state index >= 15 is 0 Å². The van der Waals surface area contributed by atoms with Crippen molar-refractivity contribution in [3.8, 4) is 0 Å². The highest BCUT2D eigenvalue weighted by atomic mass is 32.1. The van der Waals surface area contributed by atoms with Crippen LogP contribution in [-0.2, 0) is 4.74 Å². The van der Waals surface area contributed by atoms with Crippen LogP contribution >= 0.6 is 12.2 Å². The quantitative estimate of drug-likeness (QED) is 0.464. The first-order valence-corrected chi connectivity index (χ1v) is 7.01. The van der Waals surface area contributed by atoms with Crippen LogP contribution in [0.2, 0.25) is 0 Å². The number of ether oxygens (including phenoxy) is 1. The summed E-state index contributed by atoms with van der Waals surface area (Å²) in [6.07, 6.45) is 1.19. The van der Waals surface area contributed by atoms with Gasteiger partial charge in [-0.15, -0.1) is 0 Å². The lowest BCUT2D eigenvalue weighted by Gasteiger charge is -2.26. The molecule has 1 aromatic rings. The summed E-state index contributed by atoms with van der Waals surface area (Å²) in [7, 11) is 0. The zero-order valence-corrected chi connectivity index (χ0v) is 12.3. The van der Waals surface area contributed by atoms with Gasteiger partial charge in [-0.3, -0.25) is 15.0 Å². The third-order valence-corrected chi connectivity index (χ3v) is 3.26. The number of hydrogen-bond donors (Lipinski definition) is 2. The Morgan fingerprint density at radius 2 is 2.24 bits per heavy atom. The summed E-state index contributed by atoms with van der Waals surface area (Å²) in [5.74, 6) is 0.476. The molecule has 9 heteroatoms. The molecular formula is C12H17N5O3S. The largest absolute Gasteiger partial charge is 0.379 e. The minimum atomic E-state index is -0.490. The Balaban J connectivity index is 1.70. The van der Waals surface area contributed by atoms with E-state index in [-0.39, 0.29) is 5.69 Å². The van der Waals surface area contributed by atoms with Crippen LogP contribution in [-0.4, -0.2) is 59.3 Å². The second kappa shape index (κ2) is 7.81. The van der Waals surface area contributed by atoms with E-state index in [1.165, 1.54) is 18.3 Å². The van der Waals surface area contributed by atoms with Crippen LogP contribution < -0.4 is 10.6 Å². The standard InChI is InChI=1S/C12H17N5O3S/c18-17(19)10-1-2-11(14-9-10)15-12(21)13-3-4-16-5-7-20-8-6-16/h1-2,9H,3-8H2,(H2,13,14,15,21). The minimum Gasteiger partial charge on any atom is -0.379 e. The molecule has 1 aliphatic rings. The van der Waals surface area contributed by atoms with Gasteiger partial charge in [-0.05, 0) is 18.3 Å². The zero-order valence-electron chi connectivity index (χ0n) is 11.4. The molecule has 2 N–H and O–H groups in total. The number of hydrogen-bond acceptors (Lipinski definition) is 6. The Labute approximate surface area is 127 Å². The van der Waals surface area contributed by atoms with Gasteiger partial charge >= 0.3 is 0 Å². The van der Waals surface area contributed by atoms with E-state index in [1.54, 1.807) is 0 Å². The summed E-state index contributed by atoms with van der Waals surface area (Å²) in [4.78, 5) is 16.3. The van der Waals surface area contributed by atoms with E-state index in [9.17, 15) is 10.1 Å². The summed E-state index contributed by atoms with van der Waals surface area (Å²) in [5.41, 5.74) is -0.0493. The van der Waals surface area contributed by atoms with Crippen molar-refractivity contribution in [1.29, 1.82) is 0 Å². The van der Waals surface area contributed by atoms with Crippen molar-refractivity contribution in [1.82, 2.24) is 15.2 Å². The van der Waals surface area contributed by atoms with E-state index in [2.05, 4.69) is 20.5 Å². The molecule has 1 saturated heterocycles.